The monoisotopic (exact) mass is 1480 g/mol. The van der Waals surface area contributed by atoms with Gasteiger partial charge in [-0.3, -0.25) is 14.4 Å². The number of likely N-dealkylation sites (N-methyl/N-ethyl adjacent to an activating group) is 3. The first-order valence-corrected chi connectivity index (χ1v) is 34.8. The van der Waals surface area contributed by atoms with Crippen LogP contribution >= 0.6 is 34.0 Å². The lowest BCUT2D eigenvalue weighted by atomic mass is 10.1. The molecule has 0 unspecified atom stereocenters. The Hall–Kier alpha value is -12.9. The number of carboxylic acid groups (broad SMARTS) is 2. The Bertz CT molecular complexity index is 5070. The molecule has 12 rings (SSSR count). The van der Waals surface area contributed by atoms with Crippen LogP contribution in [0.15, 0.2) is 182 Å². The van der Waals surface area contributed by atoms with E-state index in [9.17, 15) is 19.2 Å². The molecule has 12 aromatic rings. The number of aromatic nitrogens is 8. The number of nitrogens with zero attached hydrogens (tertiary/aromatic N) is 11. The molecule has 106 heavy (non-hydrogen) atoms. The number of nitrogens with two attached hydrogens (primary N) is 3. The number of nitrogen functional groups attached to an aromatic ring is 2. The van der Waals surface area contributed by atoms with Crippen LogP contribution < -0.4 is 46.7 Å². The minimum absolute atomic E-state index is 0.0803. The number of hydrogen-bond donors (Lipinski definition) is 10. The van der Waals surface area contributed by atoms with Crippen LogP contribution in [0.4, 0.5) is 33.8 Å². The number of aromatic amines is 2. The van der Waals surface area contributed by atoms with Gasteiger partial charge in [0.1, 0.15) is 30.9 Å². The maximum Gasteiger partial charge on any atom is 0.407 e. The van der Waals surface area contributed by atoms with Gasteiger partial charge in [-0.2, -0.15) is 19.9 Å². The van der Waals surface area contributed by atoms with E-state index in [-0.39, 0.29) is 49.7 Å². The van der Waals surface area contributed by atoms with E-state index in [0.29, 0.717) is 78.3 Å². The molecule has 0 bridgehead atoms. The van der Waals surface area contributed by atoms with Crippen molar-refractivity contribution in [2.75, 3.05) is 86.8 Å². The SMILES string of the molecule is CN(CCO)c1ccc(-c2ccc(C=O)s2)cc1.NCc1ccc(COc2nc(N)nc3nc[nH]c23)cc1.[C-]#[N+]/C(=C\c1ccc(-c2ccc(N(C)CCO)cc2)s1)C(=O)O.[C-]#[N+]/C(=C\c1ccc(-c2ccc(N(C)CCOC(=O)NCc3ccc(COc4nc(N)nc5nc[nH]c45)cc3)cc2)s1)C(=O)O. The van der Waals surface area contributed by atoms with Crippen LogP contribution in [0.3, 0.4) is 0 Å². The molecular weight excluding hydrogens is 1410 g/mol. The zero-order valence-corrected chi connectivity index (χ0v) is 59.9. The number of benzene rings is 5. The van der Waals surface area contributed by atoms with E-state index < -0.39 is 18.0 Å². The predicted molar refractivity (Wildman–Crippen MR) is 413 cm³/mol. The van der Waals surface area contributed by atoms with Crippen molar-refractivity contribution in [3.8, 4) is 43.1 Å². The lowest BCUT2D eigenvalue weighted by molar-refractivity contribution is -0.133. The minimum Gasteiger partial charge on any atom is -0.486 e. The zero-order valence-electron chi connectivity index (χ0n) is 57.5. The van der Waals surface area contributed by atoms with Crippen molar-refractivity contribution in [1.29, 1.82) is 0 Å². The smallest absolute Gasteiger partial charge is 0.407 e. The van der Waals surface area contributed by atoms with Crippen molar-refractivity contribution < 1.29 is 53.8 Å². The van der Waals surface area contributed by atoms with Gasteiger partial charge in [0.2, 0.25) is 23.7 Å². The predicted octanol–water partition coefficient (Wildman–Crippen LogP) is 11.8. The highest BCUT2D eigenvalue weighted by Gasteiger charge is 2.16. The summed E-state index contributed by atoms with van der Waals surface area (Å²) in [6, 6.07) is 50.5. The van der Waals surface area contributed by atoms with Gasteiger partial charge in [0.25, 0.3) is 11.4 Å². The van der Waals surface area contributed by atoms with Crippen LogP contribution in [0, 0.1) is 13.1 Å². The summed E-state index contributed by atoms with van der Waals surface area (Å²) in [7, 11) is 5.77. The van der Waals surface area contributed by atoms with Gasteiger partial charge >= 0.3 is 18.0 Å². The Kier molecular flexibility index (Phi) is 28.0. The molecule has 0 atom stereocenters. The molecule has 0 aliphatic heterocycles. The molecule has 31 heteroatoms. The first-order valence-electron chi connectivity index (χ1n) is 32.4. The molecule has 7 heterocycles. The van der Waals surface area contributed by atoms with Crippen molar-refractivity contribution in [2.45, 2.75) is 26.3 Å². The number of amides is 1. The van der Waals surface area contributed by atoms with Gasteiger partial charge in [-0.15, -0.1) is 34.0 Å². The molecule has 0 aliphatic rings. The first-order chi connectivity index (χ1) is 51.3. The lowest BCUT2D eigenvalue weighted by Crippen LogP contribution is -2.28. The number of carbonyl (C=O) groups is 4. The normalized spacial score (nSPS) is 10.9. The van der Waals surface area contributed by atoms with Crippen molar-refractivity contribution in [3.05, 3.63) is 241 Å². The van der Waals surface area contributed by atoms with E-state index >= 15 is 0 Å². The van der Waals surface area contributed by atoms with Gasteiger partial charge in [0.05, 0.1) is 50.4 Å². The fourth-order valence-electron chi connectivity index (χ4n) is 9.81. The number of anilines is 5. The Morgan fingerprint density at radius 3 is 1.27 bits per heavy atom. The fraction of sp³-hybridized carbons (Fsp3) is 0.173. The third-order valence-corrected chi connectivity index (χ3v) is 18.8. The maximum absolute atomic E-state index is 12.2. The van der Waals surface area contributed by atoms with Crippen molar-refractivity contribution in [2.24, 2.45) is 5.73 Å². The third kappa shape index (κ3) is 22.1. The molecule has 0 saturated heterocycles. The molecule has 13 N–H and O–H groups in total. The van der Waals surface area contributed by atoms with E-state index in [1.165, 1.54) is 58.8 Å². The molecule has 0 aliphatic carbocycles. The summed E-state index contributed by atoms with van der Waals surface area (Å²) in [5.41, 5.74) is 28.5. The second-order valence-electron chi connectivity index (χ2n) is 22.8. The highest BCUT2D eigenvalue weighted by Crippen LogP contribution is 2.34. The van der Waals surface area contributed by atoms with Gasteiger partial charge in [-0.25, -0.2) is 24.5 Å². The van der Waals surface area contributed by atoms with E-state index in [1.807, 2.05) is 181 Å². The second kappa shape index (κ2) is 38.4. The Morgan fingerprint density at radius 1 is 0.528 bits per heavy atom. The van der Waals surface area contributed by atoms with Crippen LogP contribution in [-0.4, -0.2) is 145 Å². The van der Waals surface area contributed by atoms with E-state index in [0.717, 1.165) is 86.7 Å². The Labute approximate surface area is 620 Å². The number of imidazole rings is 2. The Balaban J connectivity index is 0.000000178. The number of aldehydes is 1. The van der Waals surface area contributed by atoms with Gasteiger partial charge in [0, 0.05) is 88.8 Å². The summed E-state index contributed by atoms with van der Waals surface area (Å²) >= 11 is 4.33. The first kappa shape index (κ1) is 77.3. The topological polar surface area (TPSA) is 394 Å². The van der Waals surface area contributed by atoms with Gasteiger partial charge in [-0.05, 0) is 124 Å². The number of nitrogens with one attached hydrogen (secondary N) is 3. The van der Waals surface area contributed by atoms with Crippen LogP contribution in [0.5, 0.6) is 11.8 Å². The van der Waals surface area contributed by atoms with Crippen LogP contribution in [-0.2, 0) is 40.6 Å². The van der Waals surface area contributed by atoms with Crippen LogP contribution in [0.2, 0.25) is 0 Å². The number of H-pyrrole nitrogens is 2. The van der Waals surface area contributed by atoms with Gasteiger partial charge in [-0.1, -0.05) is 84.9 Å². The Morgan fingerprint density at radius 2 is 0.906 bits per heavy atom. The zero-order chi connectivity index (χ0) is 75.5. The molecule has 5 aromatic carbocycles. The van der Waals surface area contributed by atoms with Gasteiger partial charge in [0.15, 0.2) is 17.6 Å². The molecule has 0 saturated carbocycles. The number of ether oxygens (including phenoxy) is 3. The molecule has 542 valence electrons. The average molecular weight is 1480 g/mol. The van der Waals surface area contributed by atoms with E-state index in [2.05, 4.69) is 54.9 Å². The van der Waals surface area contributed by atoms with E-state index in [1.54, 1.807) is 12.1 Å². The molecule has 7 aromatic heterocycles. The lowest BCUT2D eigenvalue weighted by Gasteiger charge is -2.19. The third-order valence-electron chi connectivity index (χ3n) is 15.6. The quantitative estimate of drug-likeness (QED) is 0.0130. The number of alkyl carbamates (subject to hydrolysis) is 1. The fourth-order valence-corrected chi connectivity index (χ4v) is 12.5. The standard InChI is InChI=1S/C31H28N8O5S.C17H16N2O3S.C14H15NO2S.C13H14N6O/c1-33-24(29(40)41)15-23-11-12-25(45-23)21-7-9-22(10-8-21)39(2)13-14-43-31(42)34-16-19-3-5-20(6-4-19)17-44-28-26-27(36-18-35-26)37-30(32)38-28;1-18-15(17(21)22)11-14-7-8-16(23-14)12-3-5-13(6-4-12)19(2)9-10-20;1-15(8-9-16)12-4-2-11(3-5-12)14-7-6-13(10-17)18-14;14-5-8-1-3-9(4-2-8)6-20-12-10-11(17-7-16-10)18-13(15)19-12/h3-12,15,18H,13-14,16-17H2,2H3,(H,34,42)(H,40,41)(H3,32,35,36,37,38);3-8,11,20H,9-10H2,2H3,(H,21,22);2-7,10,16H,8-9H2,1H3;1-4,7H,5-6,14H2,(H3,15,16,17,18,19)/b24-15-;15-11-;;. The number of hydrogen-bond acceptors (Lipinski definition) is 24. The maximum atomic E-state index is 12.2. The number of carboxylic acids is 2. The number of fused-ring (bicyclic) bond motifs is 2. The van der Waals surface area contributed by atoms with Crippen molar-refractivity contribution >= 4 is 122 Å². The summed E-state index contributed by atoms with van der Waals surface area (Å²) in [5.74, 6) is -1.52. The number of aliphatic hydroxyl groups excluding tert-OH is 2. The number of carbonyl (C=O) groups excluding carboxylic acids is 2. The highest BCUT2D eigenvalue weighted by molar-refractivity contribution is 7.17. The number of aliphatic hydroxyl groups is 2. The van der Waals surface area contributed by atoms with Crippen molar-refractivity contribution in [1.82, 2.24) is 45.2 Å². The van der Waals surface area contributed by atoms with Crippen molar-refractivity contribution in [3.63, 3.8) is 0 Å². The minimum atomic E-state index is -1.24. The molecule has 0 radical (unpaired) electrons. The van der Waals surface area contributed by atoms with E-state index in [4.69, 9.17) is 65.0 Å². The summed E-state index contributed by atoms with van der Waals surface area (Å²) in [6.07, 6.45) is 6.14. The second-order valence-corrected chi connectivity index (χ2v) is 26.2. The summed E-state index contributed by atoms with van der Waals surface area (Å²) in [5, 5.41) is 38.5. The average Bonchev–Trinajstić information content (AvgIpc) is 1.66. The molecule has 1 amide bonds. The summed E-state index contributed by atoms with van der Waals surface area (Å²) in [6.45, 7) is 17.5. The largest absolute Gasteiger partial charge is 0.486 e. The molecular formula is C75H73N17O11S3. The van der Waals surface area contributed by atoms with Gasteiger partial charge < -0.3 is 81.8 Å². The number of thiophene rings is 3. The molecule has 28 nitrogen and oxygen atoms in total. The molecule has 0 fully saturated rings. The number of aliphatic carboxylic acids is 2. The highest BCUT2D eigenvalue weighted by atomic mass is 32.1. The van der Waals surface area contributed by atoms with Crippen LogP contribution in [0.25, 0.3) is 75.5 Å². The number of rotatable bonds is 27. The summed E-state index contributed by atoms with van der Waals surface area (Å²) in [4.78, 5) is 92.3. The molecule has 0 spiro atoms. The van der Waals surface area contributed by atoms with Crippen LogP contribution in [0.1, 0.15) is 41.7 Å². The summed E-state index contributed by atoms with van der Waals surface area (Å²) < 4.78 is 16.8.